The maximum absolute atomic E-state index is 3.71. The van der Waals surface area contributed by atoms with Crippen LogP contribution in [0.2, 0.25) is 0 Å². The van der Waals surface area contributed by atoms with Gasteiger partial charge in [-0.25, -0.2) is 0 Å². The number of allylic oxidation sites excluding steroid dienone is 2. The monoisotopic (exact) mass is 275 g/mol. The van der Waals surface area contributed by atoms with Crippen molar-refractivity contribution in [1.82, 2.24) is 4.57 Å². The Balaban J connectivity index is 0. The normalized spacial score (nSPS) is 11.8. The SMILES string of the molecule is C=C/C=C\c1c(C)c(=C/C)/c(=C\CC)n1C.CC.CC. The van der Waals surface area contributed by atoms with E-state index >= 15 is 0 Å². The zero-order valence-electron chi connectivity index (χ0n) is 14.7. The van der Waals surface area contributed by atoms with E-state index in [0.717, 1.165) is 6.42 Å². The summed E-state index contributed by atoms with van der Waals surface area (Å²) in [6.07, 6.45) is 11.4. The van der Waals surface area contributed by atoms with Crippen LogP contribution in [0.25, 0.3) is 18.2 Å². The molecule has 0 fully saturated rings. The van der Waals surface area contributed by atoms with Gasteiger partial charge in [0.2, 0.25) is 0 Å². The highest BCUT2D eigenvalue weighted by Crippen LogP contribution is 2.03. The molecule has 0 aliphatic rings. The third kappa shape index (κ3) is 5.24. The van der Waals surface area contributed by atoms with Crippen molar-refractivity contribution in [3.8, 4) is 0 Å². The molecule has 0 saturated heterocycles. The number of rotatable bonds is 3. The lowest BCUT2D eigenvalue weighted by atomic mass is 10.2. The van der Waals surface area contributed by atoms with Crippen LogP contribution in [0.15, 0.2) is 18.7 Å². The zero-order chi connectivity index (χ0) is 16.1. The Hall–Kier alpha value is -1.50. The van der Waals surface area contributed by atoms with Gasteiger partial charge >= 0.3 is 0 Å². The van der Waals surface area contributed by atoms with Crippen molar-refractivity contribution in [3.05, 3.63) is 40.6 Å². The van der Waals surface area contributed by atoms with Crippen LogP contribution in [0, 0.1) is 6.92 Å². The lowest BCUT2D eigenvalue weighted by molar-refractivity contribution is 0.871. The molecule has 0 N–H and O–H groups in total. The second-order valence-electron chi connectivity index (χ2n) is 3.86. The Morgan fingerprint density at radius 3 is 2.10 bits per heavy atom. The zero-order valence-corrected chi connectivity index (χ0v) is 14.7. The summed E-state index contributed by atoms with van der Waals surface area (Å²) in [5.41, 5.74) is 2.59. The van der Waals surface area contributed by atoms with Crippen LogP contribution in [0.4, 0.5) is 0 Å². The van der Waals surface area contributed by atoms with Crippen molar-refractivity contribution in [3.63, 3.8) is 0 Å². The third-order valence-corrected chi connectivity index (χ3v) is 2.86. The van der Waals surface area contributed by atoms with Gasteiger partial charge in [-0.2, -0.15) is 0 Å². The highest BCUT2D eigenvalue weighted by atomic mass is 14.9. The van der Waals surface area contributed by atoms with Gasteiger partial charge in [0.1, 0.15) is 0 Å². The van der Waals surface area contributed by atoms with Gasteiger partial charge in [0.05, 0.1) is 0 Å². The molecule has 20 heavy (non-hydrogen) atoms. The minimum atomic E-state index is 1.06. The van der Waals surface area contributed by atoms with Crippen LogP contribution in [0.3, 0.4) is 0 Å². The second-order valence-corrected chi connectivity index (χ2v) is 3.86. The molecule has 0 spiro atoms. The highest BCUT2D eigenvalue weighted by Gasteiger charge is 2.04. The standard InChI is InChI=1S/C15H21N.2C2H6/c1-6-9-11-14-12(4)13(8-3)15(10-7-2)16(14)5;2*1-2/h6,8-11H,1,7H2,2-5H3;2*1-2H3/b11-9-,13-8-,15-10+;;. The van der Waals surface area contributed by atoms with E-state index in [1.165, 1.54) is 21.8 Å². The summed E-state index contributed by atoms with van der Waals surface area (Å²) in [5, 5.41) is 2.65. The van der Waals surface area contributed by atoms with Gasteiger partial charge in [-0.3, -0.25) is 0 Å². The van der Waals surface area contributed by atoms with Crippen molar-refractivity contribution in [1.29, 1.82) is 0 Å². The van der Waals surface area contributed by atoms with Gasteiger partial charge in [-0.15, -0.1) is 0 Å². The van der Waals surface area contributed by atoms with Crippen LogP contribution in [0.1, 0.15) is 59.2 Å². The first-order valence-corrected chi connectivity index (χ1v) is 7.78. The summed E-state index contributed by atoms with van der Waals surface area (Å²) in [5.74, 6) is 0. The second kappa shape index (κ2) is 12.5. The maximum Gasteiger partial charge on any atom is 0.0444 e. The molecule has 1 heterocycles. The largest absolute Gasteiger partial charge is 0.344 e. The molecule has 0 radical (unpaired) electrons. The minimum Gasteiger partial charge on any atom is -0.344 e. The Labute approximate surface area is 126 Å². The predicted octanol–water partition coefficient (Wildman–Crippen LogP) is 4.58. The molecule has 0 amide bonds. The summed E-state index contributed by atoms with van der Waals surface area (Å²) in [6, 6.07) is 0. The molecule has 0 aliphatic heterocycles. The molecule has 0 unspecified atom stereocenters. The van der Waals surface area contributed by atoms with E-state index in [0.29, 0.717) is 0 Å². The van der Waals surface area contributed by atoms with E-state index in [9.17, 15) is 0 Å². The molecule has 1 aromatic rings. The van der Waals surface area contributed by atoms with Gasteiger partial charge in [0.15, 0.2) is 0 Å². The van der Waals surface area contributed by atoms with Crippen LogP contribution in [0.5, 0.6) is 0 Å². The Morgan fingerprint density at radius 1 is 1.15 bits per heavy atom. The van der Waals surface area contributed by atoms with Crippen molar-refractivity contribution in [2.24, 2.45) is 7.05 Å². The number of hydrogen-bond acceptors (Lipinski definition) is 0. The Kier molecular flexibility index (Phi) is 13.0. The number of hydrogen-bond donors (Lipinski definition) is 0. The fourth-order valence-electron chi connectivity index (χ4n) is 2.09. The smallest absolute Gasteiger partial charge is 0.0444 e. The molecule has 1 aromatic heterocycles. The lowest BCUT2D eigenvalue weighted by Gasteiger charge is -1.98. The molecule has 0 atom stereocenters. The Bertz CT molecular complexity index is 513. The third-order valence-electron chi connectivity index (χ3n) is 2.86. The van der Waals surface area contributed by atoms with E-state index in [2.05, 4.69) is 57.2 Å². The van der Waals surface area contributed by atoms with E-state index in [-0.39, 0.29) is 0 Å². The summed E-state index contributed by atoms with van der Waals surface area (Å²) in [6.45, 7) is 18.1. The van der Waals surface area contributed by atoms with E-state index in [1.54, 1.807) is 0 Å². The van der Waals surface area contributed by atoms with Crippen LogP contribution < -0.4 is 10.6 Å². The predicted molar refractivity (Wildman–Crippen MR) is 96.2 cm³/mol. The quantitative estimate of drug-likeness (QED) is 0.712. The van der Waals surface area contributed by atoms with Crippen LogP contribution in [-0.4, -0.2) is 4.57 Å². The first-order valence-electron chi connectivity index (χ1n) is 7.78. The van der Waals surface area contributed by atoms with E-state index in [4.69, 9.17) is 0 Å². The molecule has 114 valence electrons. The molecular formula is C19H33N. The van der Waals surface area contributed by atoms with E-state index < -0.39 is 0 Å². The van der Waals surface area contributed by atoms with Crippen LogP contribution in [-0.2, 0) is 7.05 Å². The van der Waals surface area contributed by atoms with Gasteiger partial charge in [0, 0.05) is 18.1 Å². The fourth-order valence-corrected chi connectivity index (χ4v) is 2.09. The van der Waals surface area contributed by atoms with Gasteiger partial charge in [-0.1, -0.05) is 65.5 Å². The average Bonchev–Trinajstić information content (AvgIpc) is 2.72. The van der Waals surface area contributed by atoms with E-state index in [1.807, 2.05) is 39.8 Å². The molecule has 0 aliphatic carbocycles. The summed E-state index contributed by atoms with van der Waals surface area (Å²) in [7, 11) is 2.12. The maximum atomic E-state index is 3.71. The minimum absolute atomic E-state index is 1.06. The van der Waals surface area contributed by atoms with Crippen molar-refractivity contribution >= 4 is 18.2 Å². The molecule has 1 heteroatoms. The Morgan fingerprint density at radius 2 is 1.70 bits per heavy atom. The van der Waals surface area contributed by atoms with Gasteiger partial charge < -0.3 is 4.57 Å². The first-order chi connectivity index (χ1) is 9.67. The van der Waals surface area contributed by atoms with Crippen molar-refractivity contribution < 1.29 is 0 Å². The van der Waals surface area contributed by atoms with Gasteiger partial charge in [-0.05, 0) is 37.1 Å². The molecule has 1 rings (SSSR count). The van der Waals surface area contributed by atoms with Crippen molar-refractivity contribution in [2.45, 2.75) is 54.9 Å². The molecule has 1 nitrogen and oxygen atoms in total. The molecular weight excluding hydrogens is 242 g/mol. The first kappa shape index (κ1) is 20.8. The number of nitrogens with zero attached hydrogens (tertiary/aromatic N) is 1. The summed E-state index contributed by atoms with van der Waals surface area (Å²) in [4.78, 5) is 0. The lowest BCUT2D eigenvalue weighted by Crippen LogP contribution is -2.28. The molecule has 0 saturated carbocycles. The fraction of sp³-hybridized carbons (Fsp3) is 0.474. The van der Waals surface area contributed by atoms with Gasteiger partial charge in [0.25, 0.3) is 0 Å². The highest BCUT2D eigenvalue weighted by molar-refractivity contribution is 5.54. The summed E-state index contributed by atoms with van der Waals surface area (Å²) < 4.78 is 2.24. The number of aromatic nitrogens is 1. The topological polar surface area (TPSA) is 4.93 Å². The summed E-state index contributed by atoms with van der Waals surface area (Å²) >= 11 is 0. The molecule has 0 bridgehead atoms. The average molecular weight is 275 g/mol. The van der Waals surface area contributed by atoms with Crippen molar-refractivity contribution in [2.75, 3.05) is 0 Å². The molecule has 0 aromatic carbocycles. The van der Waals surface area contributed by atoms with Crippen LogP contribution >= 0.6 is 0 Å².